The summed E-state index contributed by atoms with van der Waals surface area (Å²) in [5.41, 5.74) is 4.87. The zero-order chi connectivity index (χ0) is 26.0. The van der Waals surface area contributed by atoms with E-state index in [1.807, 2.05) is 38.9 Å². The molecule has 0 bridgehead atoms. The molecule has 0 saturated heterocycles. The SMILES string of the molecule is Cc1ccc(S(=O)(=O)Nc2cccc(C(=O)N(CCN(C)C)c3nc4cc(C)c(C)cc4s3)c2)cc1.Cl. The number of aryl methyl sites for hydroxylation is 3. The molecule has 0 unspecified atom stereocenters. The van der Waals surface area contributed by atoms with Crippen molar-refractivity contribution in [3.63, 3.8) is 0 Å². The van der Waals surface area contributed by atoms with E-state index in [0.29, 0.717) is 29.5 Å². The van der Waals surface area contributed by atoms with Gasteiger partial charge in [-0.25, -0.2) is 13.4 Å². The summed E-state index contributed by atoms with van der Waals surface area (Å²) in [5.74, 6) is -0.235. The maximum atomic E-state index is 13.7. The number of anilines is 2. The van der Waals surface area contributed by atoms with Crippen LogP contribution in [0.2, 0.25) is 0 Å². The number of carbonyl (C=O) groups excluding carboxylic acids is 1. The van der Waals surface area contributed by atoms with Crippen LogP contribution in [0.25, 0.3) is 10.2 Å². The average Bonchev–Trinajstić information content (AvgIpc) is 3.21. The minimum atomic E-state index is -3.78. The fourth-order valence-electron chi connectivity index (χ4n) is 3.67. The minimum Gasteiger partial charge on any atom is -0.308 e. The van der Waals surface area contributed by atoms with Gasteiger partial charge in [-0.15, -0.1) is 12.4 Å². The Hall–Kier alpha value is -2.98. The number of nitrogens with one attached hydrogen (secondary N) is 1. The first-order valence-electron chi connectivity index (χ1n) is 11.6. The molecule has 10 heteroatoms. The number of likely N-dealkylation sites (N-methyl/N-ethyl adjacent to an activating group) is 1. The van der Waals surface area contributed by atoms with Gasteiger partial charge in [0.25, 0.3) is 15.9 Å². The first kappa shape index (κ1) is 28.6. The number of aromatic nitrogens is 1. The zero-order valence-corrected chi connectivity index (χ0v) is 23.9. The van der Waals surface area contributed by atoms with Crippen molar-refractivity contribution in [3.05, 3.63) is 82.9 Å². The quantitative estimate of drug-likeness (QED) is 0.302. The molecule has 4 rings (SSSR count). The number of amides is 1. The molecule has 1 aromatic heterocycles. The van der Waals surface area contributed by atoms with Gasteiger partial charge in [-0.05, 0) is 88.5 Å². The van der Waals surface area contributed by atoms with Gasteiger partial charge in [0.15, 0.2) is 5.13 Å². The normalized spacial score (nSPS) is 11.4. The smallest absolute Gasteiger partial charge is 0.261 e. The number of hydrogen-bond acceptors (Lipinski definition) is 6. The number of carbonyl (C=O) groups is 1. The molecule has 0 fully saturated rings. The molecule has 1 heterocycles. The lowest BCUT2D eigenvalue weighted by atomic mass is 10.1. The van der Waals surface area contributed by atoms with Gasteiger partial charge in [-0.2, -0.15) is 0 Å². The van der Waals surface area contributed by atoms with Crippen molar-refractivity contribution in [3.8, 4) is 0 Å². The van der Waals surface area contributed by atoms with E-state index in [0.717, 1.165) is 21.3 Å². The minimum absolute atomic E-state index is 0. The number of benzene rings is 3. The summed E-state index contributed by atoms with van der Waals surface area (Å²) in [6.45, 7) is 7.11. The Bertz CT molecular complexity index is 1480. The summed E-state index contributed by atoms with van der Waals surface area (Å²) in [5, 5.41) is 0.618. The van der Waals surface area contributed by atoms with Gasteiger partial charge in [0.2, 0.25) is 0 Å². The third-order valence-corrected chi connectivity index (χ3v) is 8.37. The number of halogens is 1. The second kappa shape index (κ2) is 11.6. The standard InChI is InChI=1S/C27H30N4O3S2.ClH/c1-18-9-11-23(12-10-18)36(33,34)29-22-8-6-7-21(17-22)26(32)31(14-13-30(4)5)27-28-24-15-19(2)20(3)16-25(24)35-27;/h6-12,15-17,29H,13-14H2,1-5H3;1H. The molecular weight excluding hydrogens is 528 g/mol. The van der Waals surface area contributed by atoms with Crippen LogP contribution in [0.3, 0.4) is 0 Å². The Labute approximate surface area is 228 Å². The summed E-state index contributed by atoms with van der Waals surface area (Å²) in [6, 6.07) is 17.3. The van der Waals surface area contributed by atoms with Crippen LogP contribution < -0.4 is 9.62 Å². The van der Waals surface area contributed by atoms with E-state index in [-0.39, 0.29) is 23.2 Å². The maximum Gasteiger partial charge on any atom is 0.261 e. The van der Waals surface area contributed by atoms with Crippen LogP contribution in [-0.4, -0.2) is 51.4 Å². The monoisotopic (exact) mass is 558 g/mol. The van der Waals surface area contributed by atoms with E-state index in [2.05, 4.69) is 17.7 Å². The van der Waals surface area contributed by atoms with Crippen molar-refractivity contribution in [2.24, 2.45) is 0 Å². The van der Waals surface area contributed by atoms with Crippen LogP contribution in [0, 0.1) is 20.8 Å². The fraction of sp³-hybridized carbons (Fsp3) is 0.259. The Morgan fingerprint density at radius 1 is 0.946 bits per heavy atom. The number of nitrogens with zero attached hydrogens (tertiary/aromatic N) is 3. The van der Waals surface area contributed by atoms with Crippen LogP contribution in [0.4, 0.5) is 10.8 Å². The molecule has 0 atom stereocenters. The molecule has 0 saturated carbocycles. The van der Waals surface area contributed by atoms with Gasteiger partial charge >= 0.3 is 0 Å². The van der Waals surface area contributed by atoms with E-state index >= 15 is 0 Å². The number of hydrogen-bond donors (Lipinski definition) is 1. The number of rotatable bonds is 8. The predicted octanol–water partition coefficient (Wildman–Crippen LogP) is 5.65. The maximum absolute atomic E-state index is 13.7. The van der Waals surface area contributed by atoms with Crippen LogP contribution in [0.5, 0.6) is 0 Å². The molecule has 0 aliphatic heterocycles. The molecule has 1 N–H and O–H groups in total. The molecule has 4 aromatic rings. The summed E-state index contributed by atoms with van der Waals surface area (Å²) < 4.78 is 29.3. The third kappa shape index (κ3) is 6.67. The zero-order valence-electron chi connectivity index (χ0n) is 21.5. The second-order valence-electron chi connectivity index (χ2n) is 9.16. The van der Waals surface area contributed by atoms with Crippen molar-refractivity contribution in [2.45, 2.75) is 25.7 Å². The van der Waals surface area contributed by atoms with Crippen LogP contribution in [-0.2, 0) is 10.0 Å². The first-order valence-corrected chi connectivity index (χ1v) is 13.9. The first-order chi connectivity index (χ1) is 17.0. The van der Waals surface area contributed by atoms with Crippen molar-refractivity contribution in [1.29, 1.82) is 0 Å². The van der Waals surface area contributed by atoms with Gasteiger partial charge in [0.05, 0.1) is 15.1 Å². The molecule has 0 aliphatic rings. The highest BCUT2D eigenvalue weighted by Crippen LogP contribution is 2.32. The van der Waals surface area contributed by atoms with E-state index < -0.39 is 10.0 Å². The average molecular weight is 559 g/mol. The number of fused-ring (bicyclic) bond motifs is 1. The van der Waals surface area contributed by atoms with Crippen LogP contribution in [0.15, 0.2) is 65.6 Å². The summed E-state index contributed by atoms with van der Waals surface area (Å²) in [4.78, 5) is 22.3. The predicted molar refractivity (Wildman–Crippen MR) is 155 cm³/mol. The second-order valence-corrected chi connectivity index (χ2v) is 11.9. The van der Waals surface area contributed by atoms with E-state index in [1.165, 1.54) is 16.9 Å². The highest BCUT2D eigenvalue weighted by Gasteiger charge is 2.23. The fourth-order valence-corrected chi connectivity index (χ4v) is 5.79. The molecule has 3 aromatic carbocycles. The molecule has 196 valence electrons. The molecule has 0 aliphatic carbocycles. The van der Waals surface area contributed by atoms with Crippen molar-refractivity contribution >= 4 is 60.7 Å². The molecule has 7 nitrogen and oxygen atoms in total. The number of thiazole rings is 1. The van der Waals surface area contributed by atoms with Crippen LogP contribution >= 0.6 is 23.7 Å². The lowest BCUT2D eigenvalue weighted by molar-refractivity contribution is 0.0985. The largest absolute Gasteiger partial charge is 0.308 e. The topological polar surface area (TPSA) is 82.6 Å². The highest BCUT2D eigenvalue weighted by molar-refractivity contribution is 7.92. The Balaban J connectivity index is 0.00000380. The summed E-state index contributed by atoms with van der Waals surface area (Å²) in [6.07, 6.45) is 0. The molecule has 37 heavy (non-hydrogen) atoms. The van der Waals surface area contributed by atoms with Gasteiger partial charge in [0.1, 0.15) is 0 Å². The molecule has 1 amide bonds. The Morgan fingerprint density at radius 3 is 2.30 bits per heavy atom. The molecular formula is C27H31ClN4O3S2. The Morgan fingerprint density at radius 2 is 1.62 bits per heavy atom. The molecule has 0 radical (unpaired) electrons. The summed E-state index contributed by atoms with van der Waals surface area (Å²) >= 11 is 1.48. The van der Waals surface area contributed by atoms with E-state index in [4.69, 9.17) is 4.98 Å². The third-order valence-electron chi connectivity index (χ3n) is 5.93. The Kier molecular flexibility index (Phi) is 8.96. The van der Waals surface area contributed by atoms with E-state index in [9.17, 15) is 13.2 Å². The van der Waals surface area contributed by atoms with Gasteiger partial charge in [0, 0.05) is 24.3 Å². The van der Waals surface area contributed by atoms with Gasteiger partial charge in [-0.3, -0.25) is 14.4 Å². The molecule has 0 spiro atoms. The van der Waals surface area contributed by atoms with Gasteiger partial charge in [-0.1, -0.05) is 35.1 Å². The van der Waals surface area contributed by atoms with Crippen LogP contribution in [0.1, 0.15) is 27.0 Å². The van der Waals surface area contributed by atoms with Gasteiger partial charge < -0.3 is 4.90 Å². The lowest BCUT2D eigenvalue weighted by Gasteiger charge is -2.22. The van der Waals surface area contributed by atoms with Crippen molar-refractivity contribution in [2.75, 3.05) is 36.8 Å². The summed E-state index contributed by atoms with van der Waals surface area (Å²) in [7, 11) is 0.121. The highest BCUT2D eigenvalue weighted by atomic mass is 35.5. The van der Waals surface area contributed by atoms with Crippen molar-refractivity contribution < 1.29 is 13.2 Å². The van der Waals surface area contributed by atoms with E-state index in [1.54, 1.807) is 53.4 Å². The number of sulfonamides is 1. The lowest BCUT2D eigenvalue weighted by Crippen LogP contribution is -2.36. The van der Waals surface area contributed by atoms with Crippen molar-refractivity contribution in [1.82, 2.24) is 9.88 Å².